The van der Waals surface area contributed by atoms with Crippen LogP contribution in [0.1, 0.15) is 44.9 Å². The fourth-order valence-corrected chi connectivity index (χ4v) is 3.07. The Balaban J connectivity index is 2.34. The standard InChI is InChI=1S/C11H16O4/c12-8(13)10(4-2-1-3-5-10)11(6-7-11)9(14)15/h1-7H2,(H,12,13)(H,14,15). The van der Waals surface area contributed by atoms with E-state index < -0.39 is 22.8 Å². The highest BCUT2D eigenvalue weighted by Crippen LogP contribution is 2.64. The topological polar surface area (TPSA) is 74.6 Å². The largest absolute Gasteiger partial charge is 0.481 e. The Morgan fingerprint density at radius 2 is 1.13 bits per heavy atom. The van der Waals surface area contributed by atoms with Crippen molar-refractivity contribution in [3.05, 3.63) is 0 Å². The van der Waals surface area contributed by atoms with Gasteiger partial charge in [0.25, 0.3) is 0 Å². The van der Waals surface area contributed by atoms with Crippen molar-refractivity contribution < 1.29 is 19.8 Å². The number of aliphatic carboxylic acids is 2. The smallest absolute Gasteiger partial charge is 0.310 e. The number of rotatable bonds is 3. The molecule has 2 saturated carbocycles. The Labute approximate surface area is 88.3 Å². The van der Waals surface area contributed by atoms with Crippen molar-refractivity contribution in [1.29, 1.82) is 0 Å². The van der Waals surface area contributed by atoms with Crippen molar-refractivity contribution in [3.8, 4) is 0 Å². The first-order valence-corrected chi connectivity index (χ1v) is 5.52. The lowest BCUT2D eigenvalue weighted by Crippen LogP contribution is -2.45. The molecule has 4 heteroatoms. The molecule has 0 aromatic rings. The Morgan fingerprint density at radius 1 is 0.733 bits per heavy atom. The molecule has 0 aromatic heterocycles. The van der Waals surface area contributed by atoms with E-state index in [1.165, 1.54) is 0 Å². The van der Waals surface area contributed by atoms with Gasteiger partial charge in [0.2, 0.25) is 0 Å². The summed E-state index contributed by atoms with van der Waals surface area (Å²) in [7, 11) is 0. The molecule has 2 aliphatic carbocycles. The summed E-state index contributed by atoms with van der Waals surface area (Å²) in [6.07, 6.45) is 4.87. The summed E-state index contributed by atoms with van der Waals surface area (Å²) in [5, 5.41) is 18.6. The molecule has 2 fully saturated rings. The predicted molar refractivity (Wildman–Crippen MR) is 52.5 cm³/mol. The molecule has 0 saturated heterocycles. The molecule has 0 unspecified atom stereocenters. The van der Waals surface area contributed by atoms with Gasteiger partial charge in [0, 0.05) is 0 Å². The third kappa shape index (κ3) is 1.27. The van der Waals surface area contributed by atoms with Crippen LogP contribution in [-0.2, 0) is 9.59 Å². The van der Waals surface area contributed by atoms with Crippen LogP contribution in [0.5, 0.6) is 0 Å². The van der Waals surface area contributed by atoms with Crippen LogP contribution < -0.4 is 0 Å². The number of hydrogen-bond acceptors (Lipinski definition) is 2. The number of hydrogen-bond donors (Lipinski definition) is 2. The second kappa shape index (κ2) is 3.22. The maximum absolute atomic E-state index is 11.4. The summed E-state index contributed by atoms with van der Waals surface area (Å²) >= 11 is 0. The molecule has 15 heavy (non-hydrogen) atoms. The van der Waals surface area contributed by atoms with Gasteiger partial charge in [0.05, 0.1) is 10.8 Å². The van der Waals surface area contributed by atoms with Gasteiger partial charge >= 0.3 is 11.9 Å². The molecule has 4 nitrogen and oxygen atoms in total. The molecule has 2 rings (SSSR count). The van der Waals surface area contributed by atoms with Gasteiger partial charge in [-0.2, -0.15) is 0 Å². The number of carbonyl (C=O) groups is 2. The molecule has 84 valence electrons. The average Bonchev–Trinajstić information content (AvgIpc) is 2.99. The first-order valence-electron chi connectivity index (χ1n) is 5.52. The van der Waals surface area contributed by atoms with E-state index in [9.17, 15) is 19.8 Å². The zero-order valence-corrected chi connectivity index (χ0v) is 8.66. The van der Waals surface area contributed by atoms with E-state index in [-0.39, 0.29) is 0 Å². The summed E-state index contributed by atoms with van der Waals surface area (Å²) in [6.45, 7) is 0. The van der Waals surface area contributed by atoms with Gasteiger partial charge in [0.1, 0.15) is 0 Å². The van der Waals surface area contributed by atoms with Crippen molar-refractivity contribution in [1.82, 2.24) is 0 Å². The Kier molecular flexibility index (Phi) is 2.24. The Bertz CT molecular complexity index is 298. The van der Waals surface area contributed by atoms with Crippen LogP contribution in [0.25, 0.3) is 0 Å². The number of carboxylic acid groups (broad SMARTS) is 2. The summed E-state index contributed by atoms with van der Waals surface area (Å²) in [5.41, 5.74) is -1.92. The van der Waals surface area contributed by atoms with Gasteiger partial charge in [-0.15, -0.1) is 0 Å². The van der Waals surface area contributed by atoms with Gasteiger partial charge in [0.15, 0.2) is 0 Å². The maximum atomic E-state index is 11.4. The molecule has 2 aliphatic rings. The van der Waals surface area contributed by atoms with Crippen LogP contribution in [0.2, 0.25) is 0 Å². The van der Waals surface area contributed by atoms with Crippen LogP contribution in [0.4, 0.5) is 0 Å². The van der Waals surface area contributed by atoms with Crippen LogP contribution in [0.15, 0.2) is 0 Å². The van der Waals surface area contributed by atoms with Gasteiger partial charge in [-0.05, 0) is 25.7 Å². The lowest BCUT2D eigenvalue weighted by molar-refractivity contribution is -0.168. The molecule has 0 bridgehead atoms. The van der Waals surface area contributed by atoms with Crippen molar-refractivity contribution in [2.75, 3.05) is 0 Å². The van der Waals surface area contributed by atoms with E-state index in [4.69, 9.17) is 0 Å². The molecule has 0 aromatic carbocycles. The van der Waals surface area contributed by atoms with E-state index in [0.29, 0.717) is 25.7 Å². The van der Waals surface area contributed by atoms with Gasteiger partial charge in [-0.1, -0.05) is 19.3 Å². The fourth-order valence-electron chi connectivity index (χ4n) is 3.07. The van der Waals surface area contributed by atoms with Gasteiger partial charge < -0.3 is 10.2 Å². The minimum absolute atomic E-state index is 0.536. The van der Waals surface area contributed by atoms with Crippen LogP contribution in [-0.4, -0.2) is 22.2 Å². The lowest BCUT2D eigenvalue weighted by atomic mass is 9.63. The molecule has 0 atom stereocenters. The minimum atomic E-state index is -0.975. The summed E-state index contributed by atoms with van der Waals surface area (Å²) in [5.74, 6) is -1.81. The normalized spacial score (nSPS) is 26.9. The summed E-state index contributed by atoms with van der Waals surface area (Å²) < 4.78 is 0. The maximum Gasteiger partial charge on any atom is 0.310 e. The van der Waals surface area contributed by atoms with Crippen molar-refractivity contribution >= 4 is 11.9 Å². The molecule has 0 radical (unpaired) electrons. The zero-order chi connectivity index (χ0) is 11.1. The molecule has 0 aliphatic heterocycles. The van der Waals surface area contributed by atoms with E-state index in [0.717, 1.165) is 19.3 Å². The molecule has 0 heterocycles. The fraction of sp³-hybridized carbons (Fsp3) is 0.818. The highest BCUT2D eigenvalue weighted by Gasteiger charge is 2.68. The molecule has 0 amide bonds. The molecule has 0 spiro atoms. The molecule has 2 N–H and O–H groups in total. The summed E-state index contributed by atoms with van der Waals surface area (Å²) in [4.78, 5) is 22.6. The minimum Gasteiger partial charge on any atom is -0.481 e. The van der Waals surface area contributed by atoms with Gasteiger partial charge in [-0.25, -0.2) is 0 Å². The zero-order valence-electron chi connectivity index (χ0n) is 8.66. The van der Waals surface area contributed by atoms with Gasteiger partial charge in [-0.3, -0.25) is 9.59 Å². The van der Waals surface area contributed by atoms with Crippen LogP contribution in [0, 0.1) is 10.8 Å². The SMILES string of the molecule is O=C(O)C1(C2(C(=O)O)CC2)CCCCC1. The highest BCUT2D eigenvalue weighted by molar-refractivity contribution is 5.89. The van der Waals surface area contributed by atoms with Crippen LogP contribution >= 0.6 is 0 Å². The second-order valence-electron chi connectivity index (χ2n) is 4.84. The Hall–Kier alpha value is -1.06. The van der Waals surface area contributed by atoms with E-state index in [2.05, 4.69) is 0 Å². The van der Waals surface area contributed by atoms with E-state index in [1.807, 2.05) is 0 Å². The highest BCUT2D eigenvalue weighted by atomic mass is 16.4. The van der Waals surface area contributed by atoms with Crippen molar-refractivity contribution in [2.45, 2.75) is 44.9 Å². The van der Waals surface area contributed by atoms with Crippen molar-refractivity contribution in [3.63, 3.8) is 0 Å². The third-order valence-electron chi connectivity index (χ3n) is 4.19. The average molecular weight is 212 g/mol. The molecular weight excluding hydrogens is 196 g/mol. The molecular formula is C11H16O4. The lowest BCUT2D eigenvalue weighted by Gasteiger charge is -2.38. The number of carboxylic acids is 2. The monoisotopic (exact) mass is 212 g/mol. The third-order valence-corrected chi connectivity index (χ3v) is 4.19. The Morgan fingerprint density at radius 3 is 1.47 bits per heavy atom. The van der Waals surface area contributed by atoms with Crippen LogP contribution in [0.3, 0.4) is 0 Å². The van der Waals surface area contributed by atoms with E-state index >= 15 is 0 Å². The first kappa shape index (κ1) is 10.5. The summed E-state index contributed by atoms with van der Waals surface area (Å²) in [6, 6.07) is 0. The van der Waals surface area contributed by atoms with Crippen molar-refractivity contribution in [2.24, 2.45) is 10.8 Å². The predicted octanol–water partition coefficient (Wildman–Crippen LogP) is 1.89. The van der Waals surface area contributed by atoms with E-state index in [1.54, 1.807) is 0 Å². The quantitative estimate of drug-likeness (QED) is 0.749. The first-order chi connectivity index (χ1) is 7.05. The second-order valence-corrected chi connectivity index (χ2v) is 4.84.